The van der Waals surface area contributed by atoms with Crippen LogP contribution in [0.1, 0.15) is 64.7 Å². The van der Waals surface area contributed by atoms with E-state index in [1.165, 1.54) is 70.9 Å². The lowest BCUT2D eigenvalue weighted by Crippen LogP contribution is -2.57. The fraction of sp³-hybridized carbons (Fsp3) is 1.00. The lowest BCUT2D eigenvalue weighted by atomic mass is 9.78. The van der Waals surface area contributed by atoms with Gasteiger partial charge < -0.3 is 5.32 Å². The van der Waals surface area contributed by atoms with Crippen LogP contribution in [-0.4, -0.2) is 36.1 Å². The minimum atomic E-state index is 0.817. The summed E-state index contributed by atoms with van der Waals surface area (Å²) in [5, 5.41) is 3.78. The number of nitrogens with one attached hydrogen (secondary N) is 1. The van der Waals surface area contributed by atoms with Crippen molar-refractivity contribution in [3.63, 3.8) is 0 Å². The van der Waals surface area contributed by atoms with Crippen molar-refractivity contribution in [2.24, 2.45) is 5.92 Å². The number of piperidine rings is 2. The van der Waals surface area contributed by atoms with Gasteiger partial charge in [-0.1, -0.05) is 19.8 Å². The maximum Gasteiger partial charge on any atom is 0.0113 e. The van der Waals surface area contributed by atoms with Gasteiger partial charge in [0.15, 0.2) is 0 Å². The zero-order valence-electron chi connectivity index (χ0n) is 12.0. The molecule has 0 aromatic heterocycles. The fourth-order valence-corrected chi connectivity index (χ4v) is 4.27. The smallest absolute Gasteiger partial charge is 0.0113 e. The van der Waals surface area contributed by atoms with E-state index in [0.29, 0.717) is 0 Å². The van der Waals surface area contributed by atoms with Crippen molar-refractivity contribution in [3.8, 4) is 0 Å². The SMILES string of the molecule is CCCNC1CC2CCCC(C1)N2CC1CCC1. The third kappa shape index (κ3) is 2.75. The molecule has 0 radical (unpaired) electrons. The summed E-state index contributed by atoms with van der Waals surface area (Å²) in [5.74, 6) is 1.05. The molecule has 2 saturated heterocycles. The van der Waals surface area contributed by atoms with Gasteiger partial charge in [-0.25, -0.2) is 0 Å². The van der Waals surface area contributed by atoms with Crippen molar-refractivity contribution >= 4 is 0 Å². The highest BCUT2D eigenvalue weighted by atomic mass is 15.2. The van der Waals surface area contributed by atoms with Crippen LogP contribution < -0.4 is 5.32 Å². The zero-order valence-corrected chi connectivity index (χ0v) is 12.0. The molecule has 1 aliphatic carbocycles. The Morgan fingerprint density at radius 3 is 2.22 bits per heavy atom. The molecule has 3 aliphatic rings. The largest absolute Gasteiger partial charge is 0.314 e. The van der Waals surface area contributed by atoms with Crippen LogP contribution in [0.5, 0.6) is 0 Å². The predicted octanol–water partition coefficient (Wildman–Crippen LogP) is 3.17. The molecule has 3 fully saturated rings. The molecule has 2 bridgehead atoms. The average Bonchev–Trinajstić information content (AvgIpc) is 2.31. The molecule has 2 atom stereocenters. The lowest BCUT2D eigenvalue weighted by molar-refractivity contribution is 0.00235. The number of fused-ring (bicyclic) bond motifs is 2. The molecule has 2 heteroatoms. The van der Waals surface area contributed by atoms with Crippen LogP contribution in [0.4, 0.5) is 0 Å². The first-order valence-electron chi connectivity index (χ1n) is 8.36. The highest BCUT2D eigenvalue weighted by Gasteiger charge is 2.39. The Morgan fingerprint density at radius 2 is 1.67 bits per heavy atom. The molecule has 2 heterocycles. The molecule has 0 aromatic carbocycles. The van der Waals surface area contributed by atoms with E-state index in [4.69, 9.17) is 0 Å². The normalized spacial score (nSPS) is 37.5. The second-order valence-electron chi connectivity index (χ2n) is 6.85. The first kappa shape index (κ1) is 12.9. The van der Waals surface area contributed by atoms with Crippen LogP contribution in [0, 0.1) is 5.92 Å². The van der Waals surface area contributed by atoms with Gasteiger partial charge in [-0.3, -0.25) is 4.90 Å². The second-order valence-corrected chi connectivity index (χ2v) is 6.85. The van der Waals surface area contributed by atoms with Crippen molar-refractivity contribution in [2.75, 3.05) is 13.1 Å². The molecule has 0 aromatic rings. The topological polar surface area (TPSA) is 15.3 Å². The van der Waals surface area contributed by atoms with Gasteiger partial charge in [0.1, 0.15) is 0 Å². The van der Waals surface area contributed by atoms with E-state index in [-0.39, 0.29) is 0 Å². The average molecular weight is 250 g/mol. The molecule has 2 unspecified atom stereocenters. The Kier molecular flexibility index (Phi) is 4.25. The summed E-state index contributed by atoms with van der Waals surface area (Å²) < 4.78 is 0. The van der Waals surface area contributed by atoms with Crippen LogP contribution in [0.3, 0.4) is 0 Å². The van der Waals surface area contributed by atoms with Gasteiger partial charge in [0.05, 0.1) is 0 Å². The molecule has 1 N–H and O–H groups in total. The highest BCUT2D eigenvalue weighted by Crippen LogP contribution is 2.37. The Bertz CT molecular complexity index is 248. The van der Waals surface area contributed by atoms with Crippen molar-refractivity contribution in [1.29, 1.82) is 0 Å². The molecule has 3 rings (SSSR count). The van der Waals surface area contributed by atoms with Gasteiger partial charge in [0, 0.05) is 24.7 Å². The second kappa shape index (κ2) is 5.92. The molecule has 104 valence electrons. The molecule has 0 amide bonds. The van der Waals surface area contributed by atoms with Crippen molar-refractivity contribution < 1.29 is 0 Å². The van der Waals surface area contributed by atoms with E-state index in [0.717, 1.165) is 24.0 Å². The van der Waals surface area contributed by atoms with Crippen LogP contribution in [-0.2, 0) is 0 Å². The highest BCUT2D eigenvalue weighted by molar-refractivity contribution is 4.96. The molecule has 2 aliphatic heterocycles. The van der Waals surface area contributed by atoms with Gasteiger partial charge >= 0.3 is 0 Å². The van der Waals surface area contributed by atoms with Crippen LogP contribution in [0.15, 0.2) is 0 Å². The maximum absolute atomic E-state index is 3.78. The summed E-state index contributed by atoms with van der Waals surface area (Å²) >= 11 is 0. The lowest BCUT2D eigenvalue weighted by Gasteiger charge is -2.51. The van der Waals surface area contributed by atoms with E-state index in [9.17, 15) is 0 Å². The summed E-state index contributed by atoms with van der Waals surface area (Å²) in [5.41, 5.74) is 0. The Hall–Kier alpha value is -0.0800. The summed E-state index contributed by atoms with van der Waals surface area (Å²) in [7, 11) is 0. The Balaban J connectivity index is 1.56. The van der Waals surface area contributed by atoms with Crippen molar-refractivity contribution in [1.82, 2.24) is 10.2 Å². The predicted molar refractivity (Wildman–Crippen MR) is 76.8 cm³/mol. The quantitative estimate of drug-likeness (QED) is 0.806. The monoisotopic (exact) mass is 250 g/mol. The van der Waals surface area contributed by atoms with E-state index < -0.39 is 0 Å². The molecule has 18 heavy (non-hydrogen) atoms. The maximum atomic E-state index is 3.78. The first-order chi connectivity index (χ1) is 8.86. The number of hydrogen-bond acceptors (Lipinski definition) is 2. The third-order valence-electron chi connectivity index (χ3n) is 5.50. The van der Waals surface area contributed by atoms with Crippen molar-refractivity contribution in [2.45, 2.75) is 82.8 Å². The zero-order chi connectivity index (χ0) is 12.4. The minimum Gasteiger partial charge on any atom is -0.314 e. The van der Waals surface area contributed by atoms with Crippen LogP contribution in [0.2, 0.25) is 0 Å². The van der Waals surface area contributed by atoms with E-state index in [1.807, 2.05) is 0 Å². The first-order valence-corrected chi connectivity index (χ1v) is 8.36. The minimum absolute atomic E-state index is 0.817. The van der Waals surface area contributed by atoms with E-state index in [1.54, 1.807) is 0 Å². The van der Waals surface area contributed by atoms with Gasteiger partial charge in [-0.05, 0) is 57.4 Å². The van der Waals surface area contributed by atoms with Gasteiger partial charge in [0.25, 0.3) is 0 Å². The van der Waals surface area contributed by atoms with Crippen molar-refractivity contribution in [3.05, 3.63) is 0 Å². The molecule has 0 spiro atoms. The van der Waals surface area contributed by atoms with Gasteiger partial charge in [-0.2, -0.15) is 0 Å². The standard InChI is InChI=1S/C16H30N2/c1-2-9-17-14-10-15-7-4-8-16(11-14)18(15)12-13-5-3-6-13/h13-17H,2-12H2,1H3. The van der Waals surface area contributed by atoms with Crippen LogP contribution in [0.25, 0.3) is 0 Å². The number of nitrogens with zero attached hydrogens (tertiary/aromatic N) is 1. The fourth-order valence-electron chi connectivity index (χ4n) is 4.27. The van der Waals surface area contributed by atoms with E-state index in [2.05, 4.69) is 17.1 Å². The number of hydrogen-bond donors (Lipinski definition) is 1. The number of rotatable bonds is 5. The molecular formula is C16H30N2. The Labute approximate surface area is 113 Å². The molecular weight excluding hydrogens is 220 g/mol. The summed E-state index contributed by atoms with van der Waals surface area (Å²) in [4.78, 5) is 2.91. The van der Waals surface area contributed by atoms with Crippen LogP contribution >= 0.6 is 0 Å². The molecule has 1 saturated carbocycles. The Morgan fingerprint density at radius 1 is 1.00 bits per heavy atom. The van der Waals surface area contributed by atoms with Gasteiger partial charge in [-0.15, -0.1) is 0 Å². The molecule has 2 nitrogen and oxygen atoms in total. The summed E-state index contributed by atoms with van der Waals surface area (Å²) in [6, 6.07) is 2.64. The third-order valence-corrected chi connectivity index (χ3v) is 5.50. The summed E-state index contributed by atoms with van der Waals surface area (Å²) in [6.45, 7) is 4.92. The van der Waals surface area contributed by atoms with Gasteiger partial charge in [0.2, 0.25) is 0 Å². The summed E-state index contributed by atoms with van der Waals surface area (Å²) in [6.07, 6.45) is 13.0. The van der Waals surface area contributed by atoms with E-state index >= 15 is 0 Å².